The van der Waals surface area contributed by atoms with Crippen LogP contribution < -0.4 is 0 Å². The van der Waals surface area contributed by atoms with Crippen molar-refractivity contribution in [1.82, 2.24) is 25.0 Å². The summed E-state index contributed by atoms with van der Waals surface area (Å²) in [6.07, 6.45) is 2.64. The number of likely N-dealkylation sites (tertiary alicyclic amines) is 1. The third kappa shape index (κ3) is 2.75. The third-order valence-electron chi connectivity index (χ3n) is 4.63. The van der Waals surface area contributed by atoms with Crippen molar-refractivity contribution in [1.29, 1.82) is 0 Å². The molecule has 1 fully saturated rings. The van der Waals surface area contributed by atoms with Gasteiger partial charge in [0.2, 0.25) is 0 Å². The summed E-state index contributed by atoms with van der Waals surface area (Å²) in [4.78, 5) is 28.2. The summed E-state index contributed by atoms with van der Waals surface area (Å²) in [7, 11) is 0. The average Bonchev–Trinajstić information content (AvgIpc) is 3.21. The Balaban J connectivity index is 1.63. The molecule has 1 unspecified atom stereocenters. The van der Waals surface area contributed by atoms with Crippen molar-refractivity contribution < 1.29 is 9.32 Å². The van der Waals surface area contributed by atoms with Gasteiger partial charge in [-0.3, -0.25) is 4.79 Å². The monoisotopic (exact) mass is 337 g/mol. The van der Waals surface area contributed by atoms with Gasteiger partial charge in [0, 0.05) is 36.6 Å². The Morgan fingerprint density at radius 1 is 1.24 bits per heavy atom. The number of hydrogen-bond donors (Lipinski definition) is 0. The van der Waals surface area contributed by atoms with E-state index in [0.29, 0.717) is 35.4 Å². The summed E-state index contributed by atoms with van der Waals surface area (Å²) in [6.45, 7) is 6.94. The number of hydrogen-bond acceptors (Lipinski definition) is 6. The van der Waals surface area contributed by atoms with Crippen molar-refractivity contribution in [3.05, 3.63) is 46.8 Å². The second-order valence-corrected chi connectivity index (χ2v) is 6.55. The second kappa shape index (κ2) is 5.91. The number of amides is 1. The minimum absolute atomic E-state index is 0.0167. The number of carbonyl (C=O) groups is 1. The largest absolute Gasteiger partial charge is 0.338 e. The molecule has 7 nitrogen and oxygen atoms in total. The Morgan fingerprint density at radius 2 is 2.08 bits per heavy atom. The molecule has 0 spiro atoms. The lowest BCUT2D eigenvalue weighted by Crippen LogP contribution is -2.29. The van der Waals surface area contributed by atoms with Gasteiger partial charge in [-0.2, -0.15) is 0 Å². The van der Waals surface area contributed by atoms with Gasteiger partial charge >= 0.3 is 0 Å². The van der Waals surface area contributed by atoms with Gasteiger partial charge in [0.15, 0.2) is 0 Å². The van der Waals surface area contributed by atoms with Gasteiger partial charge in [0.05, 0.1) is 16.6 Å². The molecule has 0 radical (unpaired) electrons. The van der Waals surface area contributed by atoms with Crippen molar-refractivity contribution in [2.75, 3.05) is 13.1 Å². The summed E-state index contributed by atoms with van der Waals surface area (Å²) in [6, 6.07) is 3.69. The maximum absolute atomic E-state index is 13.1. The van der Waals surface area contributed by atoms with Gasteiger partial charge in [-0.25, -0.2) is 15.0 Å². The first-order valence-electron chi connectivity index (χ1n) is 8.35. The summed E-state index contributed by atoms with van der Waals surface area (Å²) in [5, 5.41) is 4.65. The van der Waals surface area contributed by atoms with Gasteiger partial charge < -0.3 is 9.42 Å². The van der Waals surface area contributed by atoms with Crippen LogP contribution in [0.15, 0.2) is 22.9 Å². The van der Waals surface area contributed by atoms with Crippen molar-refractivity contribution >= 4 is 17.0 Å². The van der Waals surface area contributed by atoms with Crippen LogP contribution in [0.5, 0.6) is 0 Å². The van der Waals surface area contributed by atoms with Gasteiger partial charge in [-0.05, 0) is 39.3 Å². The molecule has 3 aromatic rings. The van der Waals surface area contributed by atoms with E-state index < -0.39 is 0 Å². The molecule has 1 aliphatic rings. The maximum atomic E-state index is 13.1. The van der Waals surface area contributed by atoms with Crippen molar-refractivity contribution in [2.45, 2.75) is 33.1 Å². The fourth-order valence-corrected chi connectivity index (χ4v) is 3.38. The zero-order chi connectivity index (χ0) is 17.6. The van der Waals surface area contributed by atoms with Crippen LogP contribution in [0.1, 0.15) is 45.6 Å². The van der Waals surface area contributed by atoms with Crippen molar-refractivity contribution in [3.63, 3.8) is 0 Å². The molecule has 1 atom stereocenters. The van der Waals surface area contributed by atoms with Crippen LogP contribution in [0.2, 0.25) is 0 Å². The first-order valence-corrected chi connectivity index (χ1v) is 8.35. The van der Waals surface area contributed by atoms with E-state index in [1.54, 1.807) is 6.20 Å². The molecule has 0 N–H and O–H groups in total. The summed E-state index contributed by atoms with van der Waals surface area (Å²) in [5.41, 5.74) is 3.39. The lowest BCUT2D eigenvalue weighted by atomic mass is 10.1. The number of aromatic nitrogens is 4. The normalized spacial score (nSPS) is 17.4. The molecule has 25 heavy (non-hydrogen) atoms. The molecule has 4 rings (SSSR count). The Kier molecular flexibility index (Phi) is 3.71. The fraction of sp³-hybridized carbons (Fsp3) is 0.389. The topological polar surface area (TPSA) is 85.0 Å². The van der Waals surface area contributed by atoms with Crippen LogP contribution in [0, 0.1) is 20.8 Å². The Bertz CT molecular complexity index is 965. The van der Waals surface area contributed by atoms with Crippen molar-refractivity contribution in [3.8, 4) is 0 Å². The molecule has 1 saturated heterocycles. The Morgan fingerprint density at radius 3 is 2.88 bits per heavy atom. The molecule has 0 aromatic carbocycles. The highest BCUT2D eigenvalue weighted by Gasteiger charge is 2.31. The summed E-state index contributed by atoms with van der Waals surface area (Å²) < 4.78 is 5.23. The van der Waals surface area contributed by atoms with E-state index in [1.165, 1.54) is 0 Å². The fourth-order valence-electron chi connectivity index (χ4n) is 3.38. The van der Waals surface area contributed by atoms with Gasteiger partial charge in [0.1, 0.15) is 5.82 Å². The molecule has 1 amide bonds. The van der Waals surface area contributed by atoms with E-state index in [4.69, 9.17) is 4.52 Å². The van der Waals surface area contributed by atoms with Gasteiger partial charge in [-0.1, -0.05) is 5.16 Å². The zero-order valence-corrected chi connectivity index (χ0v) is 14.5. The van der Waals surface area contributed by atoms with E-state index in [-0.39, 0.29) is 11.8 Å². The third-order valence-corrected chi connectivity index (χ3v) is 4.63. The van der Waals surface area contributed by atoms with Gasteiger partial charge in [-0.15, -0.1) is 0 Å². The molecule has 3 aromatic heterocycles. The number of pyridine rings is 1. The highest BCUT2D eigenvalue weighted by Crippen LogP contribution is 2.29. The molecule has 0 saturated carbocycles. The van der Waals surface area contributed by atoms with E-state index in [2.05, 4.69) is 20.1 Å². The molecule has 7 heteroatoms. The minimum atomic E-state index is -0.0167. The standard InChI is InChI=1S/C18H19N5O2/c1-10-4-6-19-16(20-10)13-5-7-23(9-13)18(24)14-8-11(2)21-17-15(14)12(3)22-25-17/h4,6,8,13H,5,7,9H2,1-3H3. The smallest absolute Gasteiger partial charge is 0.258 e. The lowest BCUT2D eigenvalue weighted by molar-refractivity contribution is 0.0792. The minimum Gasteiger partial charge on any atom is -0.338 e. The number of rotatable bonds is 2. The van der Waals surface area contributed by atoms with E-state index in [1.807, 2.05) is 37.8 Å². The van der Waals surface area contributed by atoms with Crippen LogP contribution in [-0.2, 0) is 0 Å². The van der Waals surface area contributed by atoms with Crippen molar-refractivity contribution in [2.24, 2.45) is 0 Å². The van der Waals surface area contributed by atoms with Crippen LogP contribution in [0.25, 0.3) is 11.1 Å². The maximum Gasteiger partial charge on any atom is 0.258 e. The SMILES string of the molecule is Cc1ccnc(C2CCN(C(=O)c3cc(C)nc4onc(C)c34)C2)n1. The number of fused-ring (bicyclic) bond motifs is 1. The number of nitrogens with zero attached hydrogens (tertiary/aromatic N) is 5. The van der Waals surface area contributed by atoms with Crippen LogP contribution in [-0.4, -0.2) is 44.0 Å². The lowest BCUT2D eigenvalue weighted by Gasteiger charge is -2.17. The second-order valence-electron chi connectivity index (χ2n) is 6.55. The van der Waals surface area contributed by atoms with Crippen LogP contribution in [0.3, 0.4) is 0 Å². The first-order chi connectivity index (χ1) is 12.0. The molecule has 4 heterocycles. The Labute approximate surface area is 145 Å². The first kappa shape index (κ1) is 15.7. The Hall–Kier alpha value is -2.83. The van der Waals surface area contributed by atoms with Crippen LogP contribution >= 0.6 is 0 Å². The molecule has 128 valence electrons. The summed E-state index contributed by atoms with van der Waals surface area (Å²) >= 11 is 0. The predicted octanol–water partition coefficient (Wildman–Crippen LogP) is 2.57. The average molecular weight is 337 g/mol. The highest BCUT2D eigenvalue weighted by atomic mass is 16.5. The molecular formula is C18H19N5O2. The van der Waals surface area contributed by atoms with E-state index in [0.717, 1.165) is 23.6 Å². The summed E-state index contributed by atoms with van der Waals surface area (Å²) in [5.74, 6) is 0.968. The van der Waals surface area contributed by atoms with Crippen LogP contribution in [0.4, 0.5) is 0 Å². The predicted molar refractivity (Wildman–Crippen MR) is 91.3 cm³/mol. The highest BCUT2D eigenvalue weighted by molar-refractivity contribution is 6.06. The molecule has 0 aliphatic carbocycles. The quantitative estimate of drug-likeness (QED) is 0.714. The van der Waals surface area contributed by atoms with E-state index in [9.17, 15) is 4.79 Å². The van der Waals surface area contributed by atoms with Gasteiger partial charge in [0.25, 0.3) is 11.6 Å². The number of aryl methyl sites for hydroxylation is 3. The zero-order valence-electron chi connectivity index (χ0n) is 14.5. The van der Waals surface area contributed by atoms with E-state index >= 15 is 0 Å². The molecule has 0 bridgehead atoms. The number of carbonyl (C=O) groups excluding carboxylic acids is 1. The molecule has 1 aliphatic heterocycles. The molecular weight excluding hydrogens is 318 g/mol.